The largest absolute Gasteiger partial charge is 0.396 e. The Morgan fingerprint density at radius 2 is 2.26 bits per heavy atom. The molecular formula is C14H21N3S2. The molecule has 0 aromatic carbocycles. The van der Waals surface area contributed by atoms with E-state index in [9.17, 15) is 0 Å². The number of nitrogen functional groups attached to an aromatic ring is 1. The molecule has 0 spiro atoms. The number of thiophene rings is 1. The lowest BCUT2D eigenvalue weighted by Gasteiger charge is -2.22. The zero-order valence-corrected chi connectivity index (χ0v) is 13.2. The van der Waals surface area contributed by atoms with Crippen LogP contribution in [0.3, 0.4) is 0 Å². The summed E-state index contributed by atoms with van der Waals surface area (Å²) in [6, 6.07) is 2.22. The summed E-state index contributed by atoms with van der Waals surface area (Å²) in [4.78, 5) is 4.19. The van der Waals surface area contributed by atoms with Crippen molar-refractivity contribution < 1.29 is 0 Å². The maximum absolute atomic E-state index is 9.14. The van der Waals surface area contributed by atoms with E-state index in [1.54, 1.807) is 23.1 Å². The van der Waals surface area contributed by atoms with Crippen LogP contribution in [0.15, 0.2) is 4.90 Å². The fourth-order valence-corrected chi connectivity index (χ4v) is 4.71. The van der Waals surface area contributed by atoms with Gasteiger partial charge in [0.05, 0.1) is 10.6 Å². The first kappa shape index (κ1) is 14.5. The second kappa shape index (κ2) is 6.53. The Bertz CT molecular complexity index is 476. The first-order valence-electron chi connectivity index (χ1n) is 6.82. The predicted molar refractivity (Wildman–Crippen MR) is 85.1 cm³/mol. The lowest BCUT2D eigenvalue weighted by molar-refractivity contribution is 0.459. The Balaban J connectivity index is 2.24. The predicted octanol–water partition coefficient (Wildman–Crippen LogP) is 3.94. The van der Waals surface area contributed by atoms with Gasteiger partial charge in [-0.3, -0.25) is 0 Å². The van der Waals surface area contributed by atoms with Crippen LogP contribution in [-0.4, -0.2) is 19.3 Å². The van der Waals surface area contributed by atoms with E-state index in [-0.39, 0.29) is 0 Å². The van der Waals surface area contributed by atoms with Crippen LogP contribution >= 0.6 is 23.1 Å². The van der Waals surface area contributed by atoms with Crippen molar-refractivity contribution in [3.05, 3.63) is 4.88 Å². The van der Waals surface area contributed by atoms with Gasteiger partial charge in [-0.05, 0) is 31.4 Å². The highest BCUT2D eigenvalue weighted by Gasteiger charge is 2.22. The minimum atomic E-state index is 0.663. The van der Waals surface area contributed by atoms with Crippen molar-refractivity contribution in [1.82, 2.24) is 0 Å². The molecule has 1 unspecified atom stereocenters. The lowest BCUT2D eigenvalue weighted by atomic mass is 9.98. The van der Waals surface area contributed by atoms with Crippen LogP contribution in [0.4, 0.5) is 10.7 Å². The van der Waals surface area contributed by atoms with Crippen molar-refractivity contribution in [2.45, 2.75) is 37.5 Å². The first-order chi connectivity index (χ1) is 9.21. The fourth-order valence-electron chi connectivity index (χ4n) is 2.68. The summed E-state index contributed by atoms with van der Waals surface area (Å²) in [6.07, 6.45) is 7.14. The standard InChI is InChI=1S/C14H21N3S2/c1-3-10-5-4-7-17(8-6-10)14-13(18-2)12(16)11(9-15)19-14/h10H,3-8,16H2,1-2H3. The molecule has 1 aromatic heterocycles. The van der Waals surface area contributed by atoms with Gasteiger partial charge < -0.3 is 10.6 Å². The van der Waals surface area contributed by atoms with Gasteiger partial charge in [-0.15, -0.1) is 23.1 Å². The van der Waals surface area contributed by atoms with E-state index in [2.05, 4.69) is 17.9 Å². The van der Waals surface area contributed by atoms with Gasteiger partial charge in [-0.1, -0.05) is 13.3 Å². The SMILES string of the molecule is CCC1CCCN(c2sc(C#N)c(N)c2SC)CC1. The van der Waals surface area contributed by atoms with Gasteiger partial charge in [-0.25, -0.2) is 0 Å². The molecule has 1 atom stereocenters. The molecule has 1 aromatic rings. The molecule has 1 aliphatic rings. The third-order valence-electron chi connectivity index (χ3n) is 3.90. The molecule has 1 fully saturated rings. The van der Waals surface area contributed by atoms with E-state index < -0.39 is 0 Å². The third kappa shape index (κ3) is 3.01. The average Bonchev–Trinajstić information content (AvgIpc) is 2.62. The van der Waals surface area contributed by atoms with Crippen molar-refractivity contribution in [1.29, 1.82) is 5.26 Å². The van der Waals surface area contributed by atoms with Gasteiger partial charge >= 0.3 is 0 Å². The number of anilines is 2. The number of nitrogens with two attached hydrogens (primary N) is 1. The van der Waals surface area contributed by atoms with Crippen molar-refractivity contribution in [2.24, 2.45) is 5.92 Å². The highest BCUT2D eigenvalue weighted by Crippen LogP contribution is 2.44. The molecule has 2 heterocycles. The van der Waals surface area contributed by atoms with Crippen LogP contribution in [0.25, 0.3) is 0 Å². The summed E-state index contributed by atoms with van der Waals surface area (Å²) in [7, 11) is 0. The van der Waals surface area contributed by atoms with Gasteiger partial charge in [-0.2, -0.15) is 5.26 Å². The maximum atomic E-state index is 9.14. The quantitative estimate of drug-likeness (QED) is 0.858. The number of hydrogen-bond donors (Lipinski definition) is 1. The van der Waals surface area contributed by atoms with Gasteiger partial charge in [0.2, 0.25) is 0 Å². The Morgan fingerprint density at radius 3 is 2.89 bits per heavy atom. The van der Waals surface area contributed by atoms with Crippen LogP contribution in [0.5, 0.6) is 0 Å². The topological polar surface area (TPSA) is 53.0 Å². The van der Waals surface area contributed by atoms with Crippen LogP contribution in [0, 0.1) is 17.2 Å². The Hall–Kier alpha value is -0.860. The van der Waals surface area contributed by atoms with Gasteiger partial charge in [0.1, 0.15) is 15.9 Å². The van der Waals surface area contributed by atoms with Crippen molar-refractivity contribution in [3.8, 4) is 6.07 Å². The summed E-state index contributed by atoms with van der Waals surface area (Å²) in [6.45, 7) is 4.47. The number of thioether (sulfide) groups is 1. The van der Waals surface area contributed by atoms with E-state index in [1.165, 1.54) is 30.7 Å². The maximum Gasteiger partial charge on any atom is 0.131 e. The monoisotopic (exact) mass is 295 g/mol. The molecule has 1 aliphatic heterocycles. The summed E-state index contributed by atoms with van der Waals surface area (Å²) >= 11 is 3.21. The Morgan fingerprint density at radius 1 is 1.47 bits per heavy atom. The molecule has 1 saturated heterocycles. The lowest BCUT2D eigenvalue weighted by Crippen LogP contribution is -2.23. The van der Waals surface area contributed by atoms with E-state index in [0.29, 0.717) is 10.6 Å². The normalized spacial score (nSPS) is 20.1. The molecule has 0 radical (unpaired) electrons. The molecule has 0 amide bonds. The molecule has 3 nitrogen and oxygen atoms in total. The first-order valence-corrected chi connectivity index (χ1v) is 8.86. The summed E-state index contributed by atoms with van der Waals surface area (Å²) in [5.41, 5.74) is 6.74. The number of rotatable bonds is 3. The fraction of sp³-hybridized carbons (Fsp3) is 0.643. The molecule has 0 bridgehead atoms. The van der Waals surface area contributed by atoms with Gasteiger partial charge in [0, 0.05) is 13.1 Å². The van der Waals surface area contributed by atoms with Gasteiger partial charge in [0.15, 0.2) is 0 Å². The van der Waals surface area contributed by atoms with E-state index in [0.717, 1.165) is 23.9 Å². The summed E-state index contributed by atoms with van der Waals surface area (Å²) in [5.74, 6) is 0.857. The minimum absolute atomic E-state index is 0.663. The average molecular weight is 295 g/mol. The molecule has 19 heavy (non-hydrogen) atoms. The molecule has 0 saturated carbocycles. The van der Waals surface area contributed by atoms with Crippen LogP contribution < -0.4 is 10.6 Å². The number of hydrogen-bond acceptors (Lipinski definition) is 5. The Labute approximate surface area is 123 Å². The van der Waals surface area contributed by atoms with Crippen LogP contribution in [0.2, 0.25) is 0 Å². The smallest absolute Gasteiger partial charge is 0.131 e. The highest BCUT2D eigenvalue weighted by atomic mass is 32.2. The van der Waals surface area contributed by atoms with Crippen molar-refractivity contribution >= 4 is 33.8 Å². The highest BCUT2D eigenvalue weighted by molar-refractivity contribution is 7.99. The molecule has 2 N–H and O–H groups in total. The third-order valence-corrected chi connectivity index (χ3v) is 6.02. The van der Waals surface area contributed by atoms with E-state index in [1.807, 2.05) is 6.26 Å². The molecular weight excluding hydrogens is 274 g/mol. The number of nitrogens with zero attached hydrogens (tertiary/aromatic N) is 2. The summed E-state index contributed by atoms with van der Waals surface area (Å²) < 4.78 is 0. The zero-order valence-electron chi connectivity index (χ0n) is 11.6. The minimum Gasteiger partial charge on any atom is -0.396 e. The molecule has 5 heteroatoms. The van der Waals surface area contributed by atoms with Crippen LogP contribution in [0.1, 0.15) is 37.5 Å². The van der Waals surface area contributed by atoms with E-state index >= 15 is 0 Å². The number of nitriles is 1. The van der Waals surface area contributed by atoms with Crippen LogP contribution in [-0.2, 0) is 0 Å². The molecule has 0 aliphatic carbocycles. The van der Waals surface area contributed by atoms with Crippen molar-refractivity contribution in [3.63, 3.8) is 0 Å². The van der Waals surface area contributed by atoms with Gasteiger partial charge in [0.25, 0.3) is 0 Å². The second-order valence-corrected chi connectivity index (χ2v) is 6.80. The molecule has 104 valence electrons. The zero-order chi connectivity index (χ0) is 13.8. The van der Waals surface area contributed by atoms with Crippen molar-refractivity contribution in [2.75, 3.05) is 30.0 Å². The summed E-state index contributed by atoms with van der Waals surface area (Å²) in [5, 5.41) is 10.3. The second-order valence-electron chi connectivity index (χ2n) is 4.99. The van der Waals surface area contributed by atoms with E-state index in [4.69, 9.17) is 11.0 Å². The molecule has 2 rings (SSSR count). The Kier molecular flexibility index (Phi) is 5.00.